The summed E-state index contributed by atoms with van der Waals surface area (Å²) in [6.45, 7) is 5.86. The predicted molar refractivity (Wildman–Crippen MR) is 94.9 cm³/mol. The van der Waals surface area contributed by atoms with Crippen molar-refractivity contribution in [2.45, 2.75) is 45.6 Å². The Hall–Kier alpha value is -2.22. The van der Waals surface area contributed by atoms with Crippen molar-refractivity contribution in [2.75, 3.05) is 6.61 Å². The first-order valence-corrected chi connectivity index (χ1v) is 8.54. The normalized spacial score (nSPS) is 14.0. The molecule has 0 aliphatic carbocycles. The van der Waals surface area contributed by atoms with Crippen LogP contribution < -0.4 is 10.5 Å². The molecule has 2 N–H and O–H groups in total. The lowest BCUT2D eigenvalue weighted by molar-refractivity contribution is 0.134. The molecule has 4 nitrogen and oxygen atoms in total. The van der Waals surface area contributed by atoms with Gasteiger partial charge in [-0.1, -0.05) is 13.8 Å². The van der Waals surface area contributed by atoms with E-state index >= 15 is 0 Å². The molecule has 2 aromatic heterocycles. The Balaban J connectivity index is 2.28. The van der Waals surface area contributed by atoms with Gasteiger partial charge in [-0.25, -0.2) is 22.5 Å². The number of rotatable bonds is 8. The van der Waals surface area contributed by atoms with Gasteiger partial charge in [-0.05, 0) is 43.5 Å². The molecule has 0 aliphatic heterocycles. The molecular weight excluding hydrogens is 362 g/mol. The average molecular weight is 385 g/mol. The molecule has 148 valence electrons. The van der Waals surface area contributed by atoms with Gasteiger partial charge in [-0.15, -0.1) is 0 Å². The fourth-order valence-electron chi connectivity index (χ4n) is 2.86. The first-order chi connectivity index (χ1) is 12.6. The number of hydrogen-bond acceptors (Lipinski definition) is 4. The summed E-state index contributed by atoms with van der Waals surface area (Å²) < 4.78 is 58.0. The van der Waals surface area contributed by atoms with Crippen molar-refractivity contribution in [2.24, 2.45) is 11.7 Å². The number of hydrogen-bond donors (Lipinski definition) is 1. The van der Waals surface area contributed by atoms with Crippen molar-refractivity contribution in [3.63, 3.8) is 0 Å². The quantitative estimate of drug-likeness (QED) is 0.638. The molecule has 0 saturated carbocycles. The van der Waals surface area contributed by atoms with Crippen molar-refractivity contribution in [1.82, 2.24) is 9.97 Å². The van der Waals surface area contributed by atoms with Crippen LogP contribution >= 0.6 is 0 Å². The van der Waals surface area contributed by atoms with E-state index in [4.69, 9.17) is 10.5 Å². The average Bonchev–Trinajstić information content (AvgIpc) is 2.58. The molecule has 2 aromatic rings. The summed E-state index contributed by atoms with van der Waals surface area (Å²) in [5.74, 6) is 0.256. The summed E-state index contributed by atoms with van der Waals surface area (Å²) in [6, 6.07) is 5.37. The number of alkyl halides is 4. The molecule has 2 heterocycles. The van der Waals surface area contributed by atoms with Crippen molar-refractivity contribution < 1.29 is 22.3 Å². The van der Waals surface area contributed by atoms with Crippen LogP contribution in [0.4, 0.5) is 17.6 Å². The van der Waals surface area contributed by atoms with Crippen LogP contribution in [0.15, 0.2) is 30.5 Å². The Labute approximate surface area is 155 Å². The summed E-state index contributed by atoms with van der Waals surface area (Å²) in [6.07, 6.45) is -3.79. The summed E-state index contributed by atoms with van der Waals surface area (Å²) in [5, 5.41) is 0. The number of nitrogens with two attached hydrogens (primary N) is 1. The standard InChI is InChI=1S/C19H23F4N3O/c1-11(2)9-19(3,24)10-27-15-5-4-13(26-16(15)18(22)23)12-6-7-25-14(8-12)17(20)21/h4-8,11,17-18H,9-10,24H2,1-3H3/t19-/m0/s1. The number of nitrogens with zero attached hydrogens (tertiary/aromatic N) is 2. The Kier molecular flexibility index (Phi) is 6.75. The summed E-state index contributed by atoms with van der Waals surface area (Å²) in [7, 11) is 0. The maximum absolute atomic E-state index is 13.5. The van der Waals surface area contributed by atoms with Crippen molar-refractivity contribution >= 4 is 0 Å². The Morgan fingerprint density at radius 2 is 1.81 bits per heavy atom. The predicted octanol–water partition coefficient (Wildman–Crippen LogP) is 5.16. The zero-order valence-corrected chi connectivity index (χ0v) is 15.4. The monoisotopic (exact) mass is 385 g/mol. The first kappa shape index (κ1) is 21.1. The van der Waals surface area contributed by atoms with Crippen LogP contribution in [0.2, 0.25) is 0 Å². The van der Waals surface area contributed by atoms with Gasteiger partial charge < -0.3 is 10.5 Å². The van der Waals surface area contributed by atoms with E-state index in [0.717, 1.165) is 6.07 Å². The van der Waals surface area contributed by atoms with Gasteiger partial charge in [0.15, 0.2) is 0 Å². The van der Waals surface area contributed by atoms with E-state index in [1.165, 1.54) is 24.4 Å². The highest BCUT2D eigenvalue weighted by Gasteiger charge is 2.24. The van der Waals surface area contributed by atoms with E-state index in [9.17, 15) is 17.6 Å². The van der Waals surface area contributed by atoms with Gasteiger partial charge in [0.25, 0.3) is 12.9 Å². The lowest BCUT2D eigenvalue weighted by Gasteiger charge is -2.27. The molecule has 0 saturated heterocycles. The molecule has 0 bridgehead atoms. The molecule has 0 aromatic carbocycles. The summed E-state index contributed by atoms with van der Waals surface area (Å²) >= 11 is 0. The molecular formula is C19H23F4N3O. The van der Waals surface area contributed by atoms with Gasteiger partial charge in [-0.2, -0.15) is 0 Å². The van der Waals surface area contributed by atoms with Gasteiger partial charge in [0.1, 0.15) is 23.7 Å². The maximum Gasteiger partial charge on any atom is 0.284 e. The SMILES string of the molecule is CC(C)C[C@](C)(N)COc1ccc(-c2ccnc(C(F)F)c2)nc1C(F)F. The lowest BCUT2D eigenvalue weighted by atomic mass is 9.93. The molecule has 0 spiro atoms. The van der Waals surface area contributed by atoms with Gasteiger partial charge in [0.2, 0.25) is 0 Å². The second-order valence-electron chi connectivity index (χ2n) is 7.19. The lowest BCUT2D eigenvalue weighted by Crippen LogP contribution is -2.43. The third-order valence-corrected chi connectivity index (χ3v) is 3.83. The molecule has 27 heavy (non-hydrogen) atoms. The van der Waals surface area contributed by atoms with Crippen LogP contribution in [0.1, 0.15) is 51.4 Å². The first-order valence-electron chi connectivity index (χ1n) is 8.54. The van der Waals surface area contributed by atoms with Crippen molar-refractivity contribution in [1.29, 1.82) is 0 Å². The second-order valence-corrected chi connectivity index (χ2v) is 7.19. The summed E-state index contributed by atoms with van der Waals surface area (Å²) in [4.78, 5) is 7.47. The minimum absolute atomic E-state index is 0.0523. The van der Waals surface area contributed by atoms with Crippen LogP contribution in [0.3, 0.4) is 0 Å². The van der Waals surface area contributed by atoms with E-state index in [0.29, 0.717) is 12.3 Å². The minimum Gasteiger partial charge on any atom is -0.490 e. The molecule has 0 aliphatic rings. The molecule has 0 unspecified atom stereocenters. The third-order valence-electron chi connectivity index (χ3n) is 3.83. The second kappa shape index (κ2) is 8.65. The summed E-state index contributed by atoms with van der Waals surface area (Å²) in [5.41, 5.74) is 4.89. The van der Waals surface area contributed by atoms with E-state index in [2.05, 4.69) is 9.97 Å². The van der Waals surface area contributed by atoms with Crippen LogP contribution in [0, 0.1) is 5.92 Å². The fraction of sp³-hybridized carbons (Fsp3) is 0.474. The van der Waals surface area contributed by atoms with Crippen LogP contribution in [-0.2, 0) is 0 Å². The van der Waals surface area contributed by atoms with Gasteiger partial charge in [0.05, 0.1) is 5.69 Å². The molecule has 1 atom stereocenters. The van der Waals surface area contributed by atoms with Crippen LogP contribution in [-0.4, -0.2) is 22.1 Å². The highest BCUT2D eigenvalue weighted by molar-refractivity contribution is 5.60. The number of halogens is 4. The highest BCUT2D eigenvalue weighted by Crippen LogP contribution is 2.32. The third kappa shape index (κ3) is 5.89. The van der Waals surface area contributed by atoms with E-state index in [1.54, 1.807) is 6.92 Å². The number of ether oxygens (including phenoxy) is 1. The minimum atomic E-state index is -2.88. The molecule has 8 heteroatoms. The van der Waals surface area contributed by atoms with Crippen molar-refractivity contribution in [3.05, 3.63) is 41.9 Å². The highest BCUT2D eigenvalue weighted by atomic mass is 19.3. The largest absolute Gasteiger partial charge is 0.490 e. The zero-order chi connectivity index (χ0) is 20.2. The van der Waals surface area contributed by atoms with E-state index < -0.39 is 29.8 Å². The smallest absolute Gasteiger partial charge is 0.284 e. The van der Waals surface area contributed by atoms with Crippen LogP contribution in [0.25, 0.3) is 11.3 Å². The number of aromatic nitrogens is 2. The zero-order valence-electron chi connectivity index (χ0n) is 15.4. The topological polar surface area (TPSA) is 61.0 Å². The fourth-order valence-corrected chi connectivity index (χ4v) is 2.86. The maximum atomic E-state index is 13.5. The van der Waals surface area contributed by atoms with E-state index in [-0.39, 0.29) is 23.6 Å². The van der Waals surface area contributed by atoms with E-state index in [1.807, 2.05) is 13.8 Å². The Morgan fingerprint density at radius 3 is 2.41 bits per heavy atom. The van der Waals surface area contributed by atoms with Gasteiger partial charge >= 0.3 is 0 Å². The Morgan fingerprint density at radius 1 is 1.11 bits per heavy atom. The molecule has 2 rings (SSSR count). The van der Waals surface area contributed by atoms with Gasteiger partial charge in [-0.3, -0.25) is 4.98 Å². The van der Waals surface area contributed by atoms with Crippen molar-refractivity contribution in [3.8, 4) is 17.0 Å². The number of pyridine rings is 2. The van der Waals surface area contributed by atoms with Gasteiger partial charge in [0, 0.05) is 17.3 Å². The molecule has 0 radical (unpaired) electrons. The molecule has 0 fully saturated rings. The Bertz CT molecular complexity index is 766. The molecule has 0 amide bonds. The van der Waals surface area contributed by atoms with Crippen LogP contribution in [0.5, 0.6) is 5.75 Å².